The molecule has 3 nitrogen and oxygen atoms in total. The number of rotatable bonds is 2. The number of benzene rings is 1. The van der Waals surface area contributed by atoms with E-state index >= 15 is 0 Å². The molecule has 2 N–H and O–H groups in total. The van der Waals surface area contributed by atoms with E-state index in [0.717, 1.165) is 0 Å². The Morgan fingerprint density at radius 3 is 2.35 bits per heavy atom. The van der Waals surface area contributed by atoms with Crippen LogP contribution < -0.4 is 0 Å². The molecule has 2 rings (SSSR count). The number of aromatic hydroxyl groups is 1. The maximum atomic E-state index is 9.63. The van der Waals surface area contributed by atoms with E-state index in [0.29, 0.717) is 21.2 Å². The summed E-state index contributed by atoms with van der Waals surface area (Å²) >= 11 is 12.1. The van der Waals surface area contributed by atoms with Crippen LogP contribution in [0.25, 0.3) is 11.1 Å². The highest BCUT2D eigenvalue weighted by Gasteiger charge is 2.11. The number of aromatic nitrogens is 1. The Morgan fingerprint density at radius 2 is 1.82 bits per heavy atom. The molecule has 1 aromatic heterocycles. The summed E-state index contributed by atoms with van der Waals surface area (Å²) in [6, 6.07) is 6.63. The first-order valence-corrected chi connectivity index (χ1v) is 5.62. The fraction of sp³-hybridized carbons (Fsp3) is 0.0833. The Kier molecular flexibility index (Phi) is 3.52. The number of hydrogen-bond donors (Lipinski definition) is 2. The van der Waals surface area contributed by atoms with Gasteiger partial charge in [-0.2, -0.15) is 0 Å². The van der Waals surface area contributed by atoms with Crippen molar-refractivity contribution < 1.29 is 10.2 Å². The molecule has 2 aromatic rings. The zero-order valence-electron chi connectivity index (χ0n) is 8.69. The first-order chi connectivity index (χ1) is 8.13. The second kappa shape index (κ2) is 4.92. The maximum absolute atomic E-state index is 9.63. The van der Waals surface area contributed by atoms with Crippen molar-refractivity contribution >= 4 is 23.2 Å². The van der Waals surface area contributed by atoms with Crippen LogP contribution in [0.3, 0.4) is 0 Å². The van der Waals surface area contributed by atoms with Gasteiger partial charge in [-0.15, -0.1) is 0 Å². The minimum absolute atomic E-state index is 0.0824. The van der Waals surface area contributed by atoms with Crippen LogP contribution in [0.15, 0.2) is 30.5 Å². The fourth-order valence-electron chi connectivity index (χ4n) is 1.51. The molecule has 0 fully saturated rings. The summed E-state index contributed by atoms with van der Waals surface area (Å²) in [5.41, 5.74) is 1.44. The number of hydrogen-bond acceptors (Lipinski definition) is 3. The largest absolute Gasteiger partial charge is 0.506 e. The van der Waals surface area contributed by atoms with Gasteiger partial charge in [-0.05, 0) is 18.2 Å². The molecule has 88 valence electrons. The predicted octanol–water partition coefficient (Wildman–Crippen LogP) is 3.25. The normalized spacial score (nSPS) is 10.5. The molecule has 1 aromatic carbocycles. The molecular formula is C12H9Cl2NO2. The lowest BCUT2D eigenvalue weighted by Gasteiger charge is -2.08. The lowest BCUT2D eigenvalue weighted by Crippen LogP contribution is -1.91. The average molecular weight is 270 g/mol. The van der Waals surface area contributed by atoms with E-state index in [1.54, 1.807) is 18.2 Å². The van der Waals surface area contributed by atoms with E-state index in [9.17, 15) is 5.11 Å². The third-order valence-corrected chi connectivity index (χ3v) is 2.98. The second-order valence-corrected chi connectivity index (χ2v) is 4.26. The van der Waals surface area contributed by atoms with Crippen LogP contribution in [0, 0.1) is 0 Å². The van der Waals surface area contributed by atoms with E-state index in [2.05, 4.69) is 4.98 Å². The highest BCUT2D eigenvalue weighted by molar-refractivity contribution is 6.39. The van der Waals surface area contributed by atoms with Crippen molar-refractivity contribution in [2.24, 2.45) is 0 Å². The van der Waals surface area contributed by atoms with Gasteiger partial charge in [0.15, 0.2) is 0 Å². The smallest absolute Gasteiger partial charge is 0.140 e. The molecule has 0 atom stereocenters. The Hall–Kier alpha value is -1.29. The van der Waals surface area contributed by atoms with Crippen molar-refractivity contribution in [1.29, 1.82) is 0 Å². The topological polar surface area (TPSA) is 53.4 Å². The lowest BCUT2D eigenvalue weighted by atomic mass is 10.1. The highest BCUT2D eigenvalue weighted by atomic mass is 35.5. The molecule has 1 heterocycles. The molecule has 0 unspecified atom stereocenters. The first kappa shape index (κ1) is 12.2. The molecule has 5 heteroatoms. The molecule has 0 saturated carbocycles. The van der Waals surface area contributed by atoms with Crippen LogP contribution in [0.2, 0.25) is 10.0 Å². The van der Waals surface area contributed by atoms with Crippen molar-refractivity contribution in [2.45, 2.75) is 6.61 Å². The standard InChI is InChI=1S/C12H9Cl2NO2/c13-8-2-1-3-9(14)12(8)7-4-11(17)10(6-16)15-5-7/h1-5,16-17H,6H2. The van der Waals surface area contributed by atoms with Crippen LogP contribution in [0.4, 0.5) is 0 Å². The Morgan fingerprint density at radius 1 is 1.18 bits per heavy atom. The molecule has 0 amide bonds. The van der Waals surface area contributed by atoms with E-state index in [-0.39, 0.29) is 18.1 Å². The molecule has 0 aliphatic carbocycles. The summed E-state index contributed by atoms with van der Waals surface area (Å²) in [6.07, 6.45) is 1.51. The van der Waals surface area contributed by atoms with Gasteiger partial charge in [0, 0.05) is 27.4 Å². The Bertz CT molecular complexity index is 538. The van der Waals surface area contributed by atoms with Gasteiger partial charge in [0.25, 0.3) is 0 Å². The SMILES string of the molecule is OCc1ncc(-c2c(Cl)cccc2Cl)cc1O. The van der Waals surface area contributed by atoms with Gasteiger partial charge < -0.3 is 10.2 Å². The van der Waals surface area contributed by atoms with Crippen LogP contribution >= 0.6 is 23.2 Å². The van der Waals surface area contributed by atoms with Gasteiger partial charge in [0.2, 0.25) is 0 Å². The van der Waals surface area contributed by atoms with E-state index in [1.165, 1.54) is 12.3 Å². The summed E-state index contributed by atoms with van der Waals surface area (Å²) < 4.78 is 0. The van der Waals surface area contributed by atoms with Crippen LogP contribution in [0.5, 0.6) is 5.75 Å². The number of halogens is 2. The van der Waals surface area contributed by atoms with Gasteiger partial charge in [0.05, 0.1) is 6.61 Å². The van der Waals surface area contributed by atoms with E-state index < -0.39 is 0 Å². The third kappa shape index (κ3) is 2.36. The van der Waals surface area contributed by atoms with Crippen LogP contribution in [0.1, 0.15) is 5.69 Å². The molecule has 17 heavy (non-hydrogen) atoms. The van der Waals surface area contributed by atoms with Crippen LogP contribution in [-0.2, 0) is 6.61 Å². The van der Waals surface area contributed by atoms with Gasteiger partial charge in [-0.25, -0.2) is 0 Å². The number of pyridine rings is 1. The van der Waals surface area contributed by atoms with Crippen molar-refractivity contribution in [1.82, 2.24) is 4.98 Å². The zero-order chi connectivity index (χ0) is 12.4. The third-order valence-electron chi connectivity index (χ3n) is 2.35. The quantitative estimate of drug-likeness (QED) is 0.880. The minimum Gasteiger partial charge on any atom is -0.506 e. The average Bonchev–Trinajstić information content (AvgIpc) is 2.29. The van der Waals surface area contributed by atoms with E-state index in [1.807, 2.05) is 0 Å². The minimum atomic E-state index is -0.317. The molecule has 0 bridgehead atoms. The summed E-state index contributed by atoms with van der Waals surface area (Å²) in [4.78, 5) is 3.94. The fourth-order valence-corrected chi connectivity index (χ4v) is 2.13. The summed E-state index contributed by atoms with van der Waals surface area (Å²) in [7, 11) is 0. The first-order valence-electron chi connectivity index (χ1n) is 4.86. The van der Waals surface area contributed by atoms with Gasteiger partial charge in [-0.3, -0.25) is 4.98 Å². The van der Waals surface area contributed by atoms with Gasteiger partial charge in [0.1, 0.15) is 11.4 Å². The van der Waals surface area contributed by atoms with Gasteiger partial charge >= 0.3 is 0 Å². The number of aliphatic hydroxyl groups is 1. The molecule has 0 aliphatic rings. The van der Waals surface area contributed by atoms with Crippen LogP contribution in [-0.4, -0.2) is 15.2 Å². The van der Waals surface area contributed by atoms with Gasteiger partial charge in [-0.1, -0.05) is 29.3 Å². The highest BCUT2D eigenvalue weighted by Crippen LogP contribution is 2.35. The van der Waals surface area contributed by atoms with Crippen molar-refractivity contribution in [3.8, 4) is 16.9 Å². The predicted molar refractivity (Wildman–Crippen MR) is 67.3 cm³/mol. The monoisotopic (exact) mass is 269 g/mol. The molecule has 0 aliphatic heterocycles. The van der Waals surface area contributed by atoms with Crippen molar-refractivity contribution in [3.05, 3.63) is 46.2 Å². The summed E-state index contributed by atoms with van der Waals surface area (Å²) in [5.74, 6) is -0.0824. The van der Waals surface area contributed by atoms with Crippen molar-refractivity contribution in [2.75, 3.05) is 0 Å². The summed E-state index contributed by atoms with van der Waals surface area (Å²) in [6.45, 7) is -0.317. The zero-order valence-corrected chi connectivity index (χ0v) is 10.2. The molecule has 0 saturated heterocycles. The molecular weight excluding hydrogens is 261 g/mol. The second-order valence-electron chi connectivity index (χ2n) is 3.44. The summed E-state index contributed by atoms with van der Waals surface area (Å²) in [5, 5.41) is 19.5. The lowest BCUT2D eigenvalue weighted by molar-refractivity contribution is 0.270. The number of aliphatic hydroxyl groups excluding tert-OH is 1. The molecule has 0 spiro atoms. The Labute approximate surface area is 108 Å². The van der Waals surface area contributed by atoms with Crippen molar-refractivity contribution in [3.63, 3.8) is 0 Å². The maximum Gasteiger partial charge on any atom is 0.140 e. The molecule has 0 radical (unpaired) electrons. The van der Waals surface area contributed by atoms with E-state index in [4.69, 9.17) is 28.3 Å². The number of nitrogens with zero attached hydrogens (tertiary/aromatic N) is 1. The Balaban J connectivity index is 2.57.